The van der Waals surface area contributed by atoms with Gasteiger partial charge in [0.2, 0.25) is 0 Å². The summed E-state index contributed by atoms with van der Waals surface area (Å²) < 4.78 is 0. The molecule has 0 aliphatic heterocycles. The van der Waals surface area contributed by atoms with Gasteiger partial charge in [-0.15, -0.1) is 23.2 Å². The zero-order valence-electron chi connectivity index (χ0n) is 20.1. The SMILES string of the molecule is CC(=CCC(CC1C(=O)c2cc(O)cc(O)c2C(=O)[C@@]1(C)Cl)=C(C)C)CC[C@@H](Cl)C(C)(C)O. The number of hydrogen-bond donors (Lipinski definition) is 3. The largest absolute Gasteiger partial charge is 0.508 e. The number of phenolic OH excluding ortho intramolecular Hbond substituents is 2. The van der Waals surface area contributed by atoms with Crippen molar-refractivity contribution in [3.63, 3.8) is 0 Å². The molecule has 1 aromatic rings. The number of carbonyl (C=O) groups excluding carboxylic acids is 2. The van der Waals surface area contributed by atoms with Crippen LogP contribution in [0.3, 0.4) is 0 Å². The minimum atomic E-state index is -1.52. The lowest BCUT2D eigenvalue weighted by Crippen LogP contribution is -2.47. The first-order valence-corrected chi connectivity index (χ1v) is 11.9. The highest BCUT2D eigenvalue weighted by Gasteiger charge is 2.50. The Hall–Kier alpha value is -1.82. The molecule has 0 saturated heterocycles. The highest BCUT2D eigenvalue weighted by Crippen LogP contribution is 2.45. The van der Waals surface area contributed by atoms with E-state index in [9.17, 15) is 24.9 Å². The summed E-state index contributed by atoms with van der Waals surface area (Å²) in [7, 11) is 0. The highest BCUT2D eigenvalue weighted by molar-refractivity contribution is 6.42. The normalized spacial score (nSPS) is 22.2. The van der Waals surface area contributed by atoms with Crippen molar-refractivity contribution >= 4 is 34.8 Å². The van der Waals surface area contributed by atoms with Crippen LogP contribution in [0.1, 0.15) is 87.9 Å². The van der Waals surface area contributed by atoms with Gasteiger partial charge in [0.05, 0.1) is 22.5 Å². The van der Waals surface area contributed by atoms with Crippen molar-refractivity contribution in [1.82, 2.24) is 0 Å². The number of fused-ring (bicyclic) bond motifs is 1. The van der Waals surface area contributed by atoms with Gasteiger partial charge in [-0.3, -0.25) is 9.59 Å². The van der Waals surface area contributed by atoms with E-state index in [0.717, 1.165) is 29.2 Å². The number of hydrogen-bond acceptors (Lipinski definition) is 5. The van der Waals surface area contributed by atoms with Crippen molar-refractivity contribution in [2.45, 2.75) is 83.1 Å². The quantitative estimate of drug-likeness (QED) is 0.289. The van der Waals surface area contributed by atoms with E-state index in [0.29, 0.717) is 12.8 Å². The topological polar surface area (TPSA) is 94.8 Å². The third-order valence-electron chi connectivity index (χ3n) is 6.42. The number of carbonyl (C=O) groups is 2. The summed E-state index contributed by atoms with van der Waals surface area (Å²) in [6, 6.07) is 2.25. The maximum Gasteiger partial charge on any atom is 0.188 e. The second-order valence-electron chi connectivity index (χ2n) is 9.93. The maximum atomic E-state index is 13.3. The summed E-state index contributed by atoms with van der Waals surface area (Å²) >= 11 is 12.9. The van der Waals surface area contributed by atoms with Crippen LogP contribution >= 0.6 is 23.2 Å². The Bertz CT molecular complexity index is 995. The van der Waals surface area contributed by atoms with Crippen LogP contribution in [0, 0.1) is 5.92 Å². The number of aliphatic hydroxyl groups is 1. The van der Waals surface area contributed by atoms with Crippen LogP contribution in [0.15, 0.2) is 34.9 Å². The molecule has 3 atom stereocenters. The van der Waals surface area contributed by atoms with Crippen molar-refractivity contribution in [2.24, 2.45) is 5.92 Å². The van der Waals surface area contributed by atoms with E-state index < -0.39 is 27.9 Å². The number of alkyl halides is 2. The number of rotatable bonds is 8. The number of Topliss-reactive ketones (excluding diaryl/α,β-unsaturated/α-hetero) is 2. The summed E-state index contributed by atoms with van der Waals surface area (Å²) in [6.45, 7) is 10.8. The first-order valence-electron chi connectivity index (χ1n) is 11.1. The Kier molecular flexibility index (Phi) is 8.48. The summed E-state index contributed by atoms with van der Waals surface area (Å²) in [5.74, 6) is -2.46. The molecule has 0 bridgehead atoms. The Morgan fingerprint density at radius 1 is 1.21 bits per heavy atom. The molecule has 7 heteroatoms. The van der Waals surface area contributed by atoms with Crippen LogP contribution in [0.4, 0.5) is 0 Å². The average Bonchev–Trinajstić information content (AvgIpc) is 2.68. The number of allylic oxidation sites excluding steroid dienone is 4. The molecule has 0 aromatic heterocycles. The second-order valence-corrected chi connectivity index (χ2v) is 11.2. The fourth-order valence-corrected chi connectivity index (χ4v) is 4.39. The minimum absolute atomic E-state index is 0.000209. The summed E-state index contributed by atoms with van der Waals surface area (Å²) in [5, 5.41) is 29.7. The van der Waals surface area contributed by atoms with Gasteiger partial charge in [0, 0.05) is 11.6 Å². The van der Waals surface area contributed by atoms with Crippen LogP contribution in [0.2, 0.25) is 0 Å². The fourth-order valence-electron chi connectivity index (χ4n) is 4.01. The fraction of sp³-hybridized carbons (Fsp3) is 0.538. The Morgan fingerprint density at radius 3 is 2.36 bits per heavy atom. The van der Waals surface area contributed by atoms with Gasteiger partial charge in [-0.1, -0.05) is 22.8 Å². The highest BCUT2D eigenvalue weighted by atomic mass is 35.5. The number of aromatic hydroxyl groups is 2. The number of halogens is 2. The third-order valence-corrected chi connectivity index (χ3v) is 7.61. The zero-order valence-corrected chi connectivity index (χ0v) is 21.6. The molecule has 0 radical (unpaired) electrons. The van der Waals surface area contributed by atoms with Crippen LogP contribution in [0.25, 0.3) is 0 Å². The maximum absolute atomic E-state index is 13.3. The van der Waals surface area contributed by atoms with E-state index in [1.165, 1.54) is 13.0 Å². The molecule has 3 N–H and O–H groups in total. The van der Waals surface area contributed by atoms with E-state index in [1.807, 2.05) is 20.8 Å². The molecular formula is C26H34Cl2O5. The third kappa shape index (κ3) is 6.20. The lowest BCUT2D eigenvalue weighted by molar-refractivity contribution is 0.0730. The van der Waals surface area contributed by atoms with Gasteiger partial charge in [-0.05, 0) is 73.3 Å². The molecule has 1 unspecified atom stereocenters. The van der Waals surface area contributed by atoms with Gasteiger partial charge in [0.25, 0.3) is 0 Å². The number of ketones is 2. The smallest absolute Gasteiger partial charge is 0.188 e. The second kappa shape index (κ2) is 10.2. The van der Waals surface area contributed by atoms with Gasteiger partial charge in [-0.25, -0.2) is 0 Å². The molecule has 0 saturated carbocycles. The lowest BCUT2D eigenvalue weighted by atomic mass is 9.71. The van der Waals surface area contributed by atoms with Gasteiger partial charge in [0.15, 0.2) is 11.6 Å². The zero-order chi connectivity index (χ0) is 25.3. The van der Waals surface area contributed by atoms with E-state index in [2.05, 4.69) is 6.08 Å². The molecular weight excluding hydrogens is 463 g/mol. The Labute approximate surface area is 206 Å². The van der Waals surface area contributed by atoms with E-state index in [1.54, 1.807) is 13.8 Å². The summed E-state index contributed by atoms with van der Waals surface area (Å²) in [6.07, 6.45) is 4.31. The molecule has 0 spiro atoms. The van der Waals surface area contributed by atoms with Crippen LogP contribution < -0.4 is 0 Å². The van der Waals surface area contributed by atoms with Crippen molar-refractivity contribution < 1.29 is 24.9 Å². The van der Waals surface area contributed by atoms with Gasteiger partial charge >= 0.3 is 0 Å². The predicted octanol–water partition coefficient (Wildman–Crippen LogP) is 6.31. The number of phenols is 2. The molecule has 2 rings (SSSR count). The standard InChI is InChI=1S/C26H34Cl2O5/c1-14(2)16(9-7-15(3)8-10-21(27)25(4,5)33)11-19-23(31)18-12-17(29)13-20(30)22(18)24(32)26(19,6)28/h7,12-13,19,21,29-30,33H,8-11H2,1-6H3/t19?,21-,26+/m1/s1. The summed E-state index contributed by atoms with van der Waals surface area (Å²) in [5.41, 5.74) is 2.05. The Morgan fingerprint density at radius 2 is 1.82 bits per heavy atom. The van der Waals surface area contributed by atoms with E-state index >= 15 is 0 Å². The Balaban J connectivity index is 2.26. The molecule has 0 fully saturated rings. The first-order chi connectivity index (χ1) is 15.1. The van der Waals surface area contributed by atoms with Gasteiger partial charge < -0.3 is 15.3 Å². The minimum Gasteiger partial charge on any atom is -0.508 e. The first kappa shape index (κ1) is 27.4. The molecule has 5 nitrogen and oxygen atoms in total. The average molecular weight is 497 g/mol. The monoisotopic (exact) mass is 496 g/mol. The molecule has 33 heavy (non-hydrogen) atoms. The molecule has 1 aromatic carbocycles. The van der Waals surface area contributed by atoms with Gasteiger partial charge in [-0.2, -0.15) is 0 Å². The molecule has 0 heterocycles. The van der Waals surface area contributed by atoms with Crippen molar-refractivity contribution in [1.29, 1.82) is 0 Å². The number of benzene rings is 1. The molecule has 1 aliphatic rings. The van der Waals surface area contributed by atoms with E-state index in [4.69, 9.17) is 23.2 Å². The summed E-state index contributed by atoms with van der Waals surface area (Å²) in [4.78, 5) is 24.9. The van der Waals surface area contributed by atoms with E-state index in [-0.39, 0.29) is 34.5 Å². The van der Waals surface area contributed by atoms with Crippen LogP contribution in [-0.2, 0) is 0 Å². The molecule has 1 aliphatic carbocycles. The predicted molar refractivity (Wildman–Crippen MR) is 133 cm³/mol. The van der Waals surface area contributed by atoms with Gasteiger partial charge in [0.1, 0.15) is 16.4 Å². The molecule has 182 valence electrons. The van der Waals surface area contributed by atoms with Crippen LogP contribution in [0.5, 0.6) is 11.5 Å². The molecule has 0 amide bonds. The lowest BCUT2D eigenvalue weighted by Gasteiger charge is -2.36. The van der Waals surface area contributed by atoms with Crippen molar-refractivity contribution in [3.8, 4) is 11.5 Å². The van der Waals surface area contributed by atoms with Crippen molar-refractivity contribution in [3.05, 3.63) is 46.1 Å². The van der Waals surface area contributed by atoms with Crippen molar-refractivity contribution in [2.75, 3.05) is 0 Å². The van der Waals surface area contributed by atoms with Crippen LogP contribution in [-0.4, -0.2) is 42.7 Å².